The van der Waals surface area contributed by atoms with E-state index in [1.54, 1.807) is 12.3 Å². The van der Waals surface area contributed by atoms with Crippen molar-refractivity contribution in [2.45, 2.75) is 20.8 Å². The molecule has 2 aromatic carbocycles. The summed E-state index contributed by atoms with van der Waals surface area (Å²) in [5.41, 5.74) is 7.76. The molecule has 0 aromatic heterocycles. The number of nitrogens with zero attached hydrogens (tertiary/aromatic N) is 1. The molecule has 2 rings (SSSR count). The topological polar surface area (TPSA) is 41.5 Å². The molecule has 2 aromatic rings. The van der Waals surface area contributed by atoms with E-state index in [1.807, 2.05) is 32.0 Å². The second kappa shape index (κ2) is 6.85. The van der Waals surface area contributed by atoms with E-state index in [0.29, 0.717) is 5.56 Å². The number of hydrogen-bond acceptors (Lipinski definition) is 2. The van der Waals surface area contributed by atoms with Crippen molar-refractivity contribution in [2.24, 2.45) is 5.10 Å². The van der Waals surface area contributed by atoms with Crippen LogP contribution in [-0.4, -0.2) is 12.1 Å². The van der Waals surface area contributed by atoms with Crippen molar-refractivity contribution in [3.63, 3.8) is 0 Å². The average molecular weight is 392 g/mol. The molecule has 0 aliphatic rings. The van der Waals surface area contributed by atoms with Crippen molar-refractivity contribution in [2.75, 3.05) is 0 Å². The normalized spacial score (nSPS) is 10.9. The summed E-state index contributed by atoms with van der Waals surface area (Å²) in [6.07, 6.45) is 1.70. The summed E-state index contributed by atoms with van der Waals surface area (Å²) in [6.45, 7) is 6.16. The lowest BCUT2D eigenvalue weighted by Crippen LogP contribution is -2.17. The summed E-state index contributed by atoms with van der Waals surface area (Å²) in [5, 5.41) is 4.07. The molecule has 0 atom stereocenters. The van der Waals surface area contributed by atoms with Crippen LogP contribution in [-0.2, 0) is 0 Å². The average Bonchev–Trinajstić information content (AvgIpc) is 2.41. The van der Waals surface area contributed by atoms with Crippen LogP contribution in [0, 0.1) is 24.3 Å². The Morgan fingerprint density at radius 3 is 2.43 bits per heavy atom. The maximum absolute atomic E-state index is 12.0. The Morgan fingerprint density at radius 2 is 1.81 bits per heavy atom. The van der Waals surface area contributed by atoms with E-state index in [2.05, 4.69) is 52.2 Å². The second-order valence-electron chi connectivity index (χ2n) is 5.02. The minimum absolute atomic E-state index is 0.202. The lowest BCUT2D eigenvalue weighted by atomic mass is 10.0. The van der Waals surface area contributed by atoms with Crippen LogP contribution in [0.5, 0.6) is 0 Å². The molecule has 21 heavy (non-hydrogen) atoms. The fourth-order valence-corrected chi connectivity index (χ4v) is 2.79. The first kappa shape index (κ1) is 15.7. The third kappa shape index (κ3) is 4.14. The number of hydrogen-bond donors (Lipinski definition) is 1. The Bertz CT molecular complexity index is 685. The first-order valence-corrected chi connectivity index (χ1v) is 7.72. The highest BCUT2D eigenvalue weighted by atomic mass is 127. The number of nitrogens with one attached hydrogen (secondary N) is 1. The number of rotatable bonds is 3. The molecule has 0 heterocycles. The van der Waals surface area contributed by atoms with Crippen LogP contribution in [0.15, 0.2) is 41.5 Å². The largest absolute Gasteiger partial charge is 0.271 e. The third-order valence-corrected chi connectivity index (χ3v) is 3.86. The quantitative estimate of drug-likeness (QED) is 0.479. The van der Waals surface area contributed by atoms with E-state index in [9.17, 15) is 4.79 Å². The van der Waals surface area contributed by atoms with Crippen molar-refractivity contribution >= 4 is 34.7 Å². The van der Waals surface area contributed by atoms with Gasteiger partial charge in [0.2, 0.25) is 0 Å². The number of halogens is 1. The van der Waals surface area contributed by atoms with E-state index in [4.69, 9.17) is 0 Å². The van der Waals surface area contributed by atoms with Gasteiger partial charge in [-0.2, -0.15) is 5.10 Å². The molecular weight excluding hydrogens is 375 g/mol. The second-order valence-corrected chi connectivity index (χ2v) is 6.27. The van der Waals surface area contributed by atoms with Crippen molar-refractivity contribution < 1.29 is 4.79 Å². The minimum Gasteiger partial charge on any atom is -0.267 e. The van der Waals surface area contributed by atoms with Gasteiger partial charge in [-0.25, -0.2) is 5.43 Å². The molecule has 0 fully saturated rings. The zero-order chi connectivity index (χ0) is 15.4. The zero-order valence-corrected chi connectivity index (χ0v) is 14.4. The molecule has 1 amide bonds. The number of aryl methyl sites for hydroxylation is 3. The third-order valence-electron chi connectivity index (χ3n) is 3.18. The number of carbonyl (C=O) groups is 1. The lowest BCUT2D eigenvalue weighted by Gasteiger charge is -2.06. The van der Waals surface area contributed by atoms with E-state index in [0.717, 1.165) is 20.3 Å². The summed E-state index contributed by atoms with van der Waals surface area (Å²) in [4.78, 5) is 12.0. The van der Waals surface area contributed by atoms with Gasteiger partial charge in [0.25, 0.3) is 5.91 Å². The molecule has 0 spiro atoms. The van der Waals surface area contributed by atoms with Gasteiger partial charge in [-0.3, -0.25) is 4.79 Å². The molecule has 0 aliphatic carbocycles. The van der Waals surface area contributed by atoms with Crippen LogP contribution in [0.1, 0.15) is 32.6 Å². The van der Waals surface area contributed by atoms with Gasteiger partial charge < -0.3 is 0 Å². The Balaban J connectivity index is 2.11. The molecule has 3 nitrogen and oxygen atoms in total. The highest BCUT2D eigenvalue weighted by Gasteiger charge is 2.05. The summed E-state index contributed by atoms with van der Waals surface area (Å²) >= 11 is 2.18. The molecular formula is C17H17IN2O. The molecule has 1 N–H and O–H groups in total. The maximum Gasteiger partial charge on any atom is 0.271 e. The van der Waals surface area contributed by atoms with Crippen molar-refractivity contribution in [1.29, 1.82) is 0 Å². The van der Waals surface area contributed by atoms with Crippen molar-refractivity contribution in [3.8, 4) is 0 Å². The molecule has 0 unspecified atom stereocenters. The molecule has 0 radical (unpaired) electrons. The maximum atomic E-state index is 12.0. The van der Waals surface area contributed by atoms with Crippen LogP contribution >= 0.6 is 22.6 Å². The summed E-state index contributed by atoms with van der Waals surface area (Å²) in [7, 11) is 0. The minimum atomic E-state index is -0.202. The Morgan fingerprint density at radius 1 is 1.14 bits per heavy atom. The lowest BCUT2D eigenvalue weighted by molar-refractivity contribution is 0.0955. The van der Waals surface area contributed by atoms with Crippen LogP contribution in [0.4, 0.5) is 0 Å². The fourth-order valence-electron chi connectivity index (χ4n) is 2.24. The summed E-state index contributed by atoms with van der Waals surface area (Å²) in [6, 6.07) is 11.6. The van der Waals surface area contributed by atoms with Crippen LogP contribution < -0.4 is 5.43 Å². The van der Waals surface area contributed by atoms with E-state index < -0.39 is 0 Å². The van der Waals surface area contributed by atoms with Crippen molar-refractivity contribution in [3.05, 3.63) is 67.8 Å². The van der Waals surface area contributed by atoms with Gasteiger partial charge in [0.05, 0.1) is 6.21 Å². The van der Waals surface area contributed by atoms with Crippen molar-refractivity contribution in [1.82, 2.24) is 5.43 Å². The van der Waals surface area contributed by atoms with Gasteiger partial charge >= 0.3 is 0 Å². The molecule has 0 saturated heterocycles. The van der Waals surface area contributed by atoms with E-state index in [1.165, 1.54) is 5.56 Å². The van der Waals surface area contributed by atoms with Gasteiger partial charge in [-0.1, -0.05) is 23.8 Å². The molecule has 0 saturated carbocycles. The van der Waals surface area contributed by atoms with Crippen LogP contribution in [0.3, 0.4) is 0 Å². The number of hydrazone groups is 1. The van der Waals surface area contributed by atoms with Crippen LogP contribution in [0.2, 0.25) is 0 Å². The standard InChI is InChI=1S/C17H17IN2O/c1-11-7-12(2)16(13(3)8-11)10-19-20-17(21)14-5-4-6-15(18)9-14/h4-10H,1-3H3,(H,20,21)/b19-10-. The first-order valence-electron chi connectivity index (χ1n) is 6.64. The number of benzene rings is 2. The predicted octanol–water partition coefficient (Wildman–Crippen LogP) is 3.98. The zero-order valence-electron chi connectivity index (χ0n) is 12.3. The number of carbonyl (C=O) groups excluding carboxylic acids is 1. The Kier molecular flexibility index (Phi) is 5.12. The molecule has 0 bridgehead atoms. The number of amides is 1. The van der Waals surface area contributed by atoms with Crippen LogP contribution in [0.25, 0.3) is 0 Å². The van der Waals surface area contributed by atoms with E-state index >= 15 is 0 Å². The Hall–Kier alpha value is -1.69. The van der Waals surface area contributed by atoms with Gasteiger partial charge in [-0.15, -0.1) is 0 Å². The van der Waals surface area contributed by atoms with Gasteiger partial charge in [0.15, 0.2) is 0 Å². The fraction of sp³-hybridized carbons (Fsp3) is 0.176. The highest BCUT2D eigenvalue weighted by molar-refractivity contribution is 14.1. The van der Waals surface area contributed by atoms with Gasteiger partial charge in [0.1, 0.15) is 0 Å². The molecule has 0 aliphatic heterocycles. The summed E-state index contributed by atoms with van der Waals surface area (Å²) in [5.74, 6) is -0.202. The predicted molar refractivity (Wildman–Crippen MR) is 94.9 cm³/mol. The van der Waals surface area contributed by atoms with E-state index in [-0.39, 0.29) is 5.91 Å². The summed E-state index contributed by atoms with van der Waals surface area (Å²) < 4.78 is 1.02. The van der Waals surface area contributed by atoms with Gasteiger partial charge in [0, 0.05) is 14.7 Å². The molecule has 4 heteroatoms. The highest BCUT2D eigenvalue weighted by Crippen LogP contribution is 2.14. The smallest absolute Gasteiger partial charge is 0.267 e. The van der Waals surface area contributed by atoms with Gasteiger partial charge in [-0.05, 0) is 72.7 Å². The monoisotopic (exact) mass is 392 g/mol. The first-order chi connectivity index (χ1) is 9.97. The Labute approximate surface area is 138 Å². The molecule has 108 valence electrons. The SMILES string of the molecule is Cc1cc(C)c(/C=N\NC(=O)c2cccc(I)c2)c(C)c1.